The number of hydrogen-bond acceptors (Lipinski definition) is 4. The predicted molar refractivity (Wildman–Crippen MR) is 140 cm³/mol. The Morgan fingerprint density at radius 3 is 2.17 bits per heavy atom. The van der Waals surface area contributed by atoms with Gasteiger partial charge >= 0.3 is 0 Å². The lowest BCUT2D eigenvalue weighted by molar-refractivity contribution is -0.154. The third-order valence-electron chi connectivity index (χ3n) is 7.34. The molecule has 7 heteroatoms. The van der Waals surface area contributed by atoms with Crippen LogP contribution in [0.4, 0.5) is 0 Å². The average molecular weight is 494 g/mol. The van der Waals surface area contributed by atoms with Gasteiger partial charge in [0.15, 0.2) is 0 Å². The van der Waals surface area contributed by atoms with Gasteiger partial charge in [-0.2, -0.15) is 0 Å². The minimum absolute atomic E-state index is 0.00806. The Labute approximate surface area is 214 Å². The second-order valence-corrected chi connectivity index (χ2v) is 10.1. The number of hydrogen-bond donors (Lipinski definition) is 2. The topological polar surface area (TPSA) is 90.0 Å². The van der Waals surface area contributed by atoms with Gasteiger partial charge in [0.1, 0.15) is 12.1 Å². The van der Waals surface area contributed by atoms with E-state index in [1.165, 1.54) is 16.7 Å². The molecule has 1 heterocycles. The molecule has 1 fully saturated rings. The minimum atomic E-state index is -0.458. The van der Waals surface area contributed by atoms with E-state index in [4.69, 9.17) is 9.90 Å². The Kier molecular flexibility index (Phi) is 9.65. The molecule has 1 aliphatic carbocycles. The first-order valence-electron chi connectivity index (χ1n) is 12.8. The van der Waals surface area contributed by atoms with E-state index in [2.05, 4.69) is 86.7 Å². The van der Waals surface area contributed by atoms with Gasteiger partial charge < -0.3 is 20.2 Å². The number of fused-ring (bicyclic) bond motifs is 1. The van der Waals surface area contributed by atoms with Crippen molar-refractivity contribution in [2.45, 2.75) is 64.7 Å². The molecule has 1 aliphatic heterocycles. The fourth-order valence-corrected chi connectivity index (χ4v) is 5.67. The summed E-state index contributed by atoms with van der Waals surface area (Å²) in [5, 5.41) is 10.0. The second-order valence-electron chi connectivity index (χ2n) is 10.1. The number of amides is 2. The molecule has 0 radical (unpaired) electrons. The third kappa shape index (κ3) is 6.32. The number of nitrogens with one attached hydrogen (secondary N) is 1. The largest absolute Gasteiger partial charge is 0.483 e. The maximum Gasteiger partial charge on any atom is 0.290 e. The van der Waals surface area contributed by atoms with Gasteiger partial charge in [0, 0.05) is 13.1 Å². The number of carbonyl (C=O) groups is 3. The van der Waals surface area contributed by atoms with Crippen LogP contribution < -0.4 is 5.32 Å². The van der Waals surface area contributed by atoms with Crippen molar-refractivity contribution in [3.8, 4) is 0 Å². The number of rotatable bonds is 8. The van der Waals surface area contributed by atoms with Crippen molar-refractivity contribution in [1.29, 1.82) is 0 Å². The smallest absolute Gasteiger partial charge is 0.290 e. The number of carboxylic acid groups (broad SMARTS) is 1. The SMILES string of the molecule is CCC(CC)[C@@H]1C(=O)N[C@H](C2Cc3ccccc3C2)C(=O)N1Cc1cccc(CN(C)C)c1.O=CO. The summed E-state index contributed by atoms with van der Waals surface area (Å²) in [5.41, 5.74) is 4.90. The van der Waals surface area contributed by atoms with Gasteiger partial charge in [-0.15, -0.1) is 0 Å². The molecule has 0 bridgehead atoms. The van der Waals surface area contributed by atoms with Crippen LogP contribution in [0, 0.1) is 11.8 Å². The van der Waals surface area contributed by atoms with E-state index in [1.807, 2.05) is 4.90 Å². The van der Waals surface area contributed by atoms with Crippen LogP contribution in [0.3, 0.4) is 0 Å². The zero-order chi connectivity index (χ0) is 26.2. The van der Waals surface area contributed by atoms with E-state index in [-0.39, 0.29) is 30.1 Å². The first kappa shape index (κ1) is 27.4. The number of nitrogens with zero attached hydrogens (tertiary/aromatic N) is 2. The number of benzene rings is 2. The first-order valence-corrected chi connectivity index (χ1v) is 12.8. The molecule has 0 saturated carbocycles. The predicted octanol–water partition coefficient (Wildman–Crippen LogP) is 3.50. The Hall–Kier alpha value is -3.19. The highest BCUT2D eigenvalue weighted by atomic mass is 16.3. The summed E-state index contributed by atoms with van der Waals surface area (Å²) in [7, 11) is 4.11. The number of carbonyl (C=O) groups excluding carboxylic acids is 2. The standard InChI is InChI=1S/C28H37N3O2.CH2O2/c1-5-21(6-2)26-27(32)29-25(24-15-22-12-7-8-13-23(22)16-24)28(33)31(26)18-20-11-9-10-19(14-20)17-30(3)4;2-1-3/h7-14,21,24-26H,5-6,15-18H2,1-4H3,(H,29,32);1H,(H,2,3)/t25-,26-;/m1./s1. The molecule has 2 aliphatic rings. The molecule has 36 heavy (non-hydrogen) atoms. The minimum Gasteiger partial charge on any atom is -0.483 e. The molecule has 0 spiro atoms. The Balaban J connectivity index is 0.00000115. The zero-order valence-corrected chi connectivity index (χ0v) is 21.8. The molecule has 4 rings (SSSR count). The van der Waals surface area contributed by atoms with Gasteiger partial charge in [-0.05, 0) is 61.0 Å². The van der Waals surface area contributed by atoms with Crippen molar-refractivity contribution in [3.63, 3.8) is 0 Å². The summed E-state index contributed by atoms with van der Waals surface area (Å²) in [6.07, 6.45) is 3.43. The van der Waals surface area contributed by atoms with E-state index < -0.39 is 12.1 Å². The molecule has 2 atom stereocenters. The Morgan fingerprint density at radius 1 is 1.03 bits per heavy atom. The van der Waals surface area contributed by atoms with Crippen molar-refractivity contribution in [1.82, 2.24) is 15.1 Å². The van der Waals surface area contributed by atoms with Crippen LogP contribution in [-0.4, -0.2) is 59.4 Å². The van der Waals surface area contributed by atoms with Crippen molar-refractivity contribution in [3.05, 3.63) is 70.8 Å². The maximum atomic E-state index is 13.9. The maximum absolute atomic E-state index is 13.9. The van der Waals surface area contributed by atoms with E-state index >= 15 is 0 Å². The lowest BCUT2D eigenvalue weighted by Crippen LogP contribution is -2.66. The molecule has 1 saturated heterocycles. The molecule has 2 aromatic carbocycles. The van der Waals surface area contributed by atoms with Gasteiger partial charge in [-0.3, -0.25) is 14.4 Å². The van der Waals surface area contributed by atoms with Crippen LogP contribution in [0.1, 0.15) is 48.9 Å². The first-order chi connectivity index (χ1) is 17.3. The molecule has 2 aromatic rings. The van der Waals surface area contributed by atoms with E-state index in [0.29, 0.717) is 6.54 Å². The van der Waals surface area contributed by atoms with E-state index in [1.54, 1.807) is 0 Å². The highest BCUT2D eigenvalue weighted by Crippen LogP contribution is 2.33. The summed E-state index contributed by atoms with van der Waals surface area (Å²) in [4.78, 5) is 39.8. The van der Waals surface area contributed by atoms with E-state index in [9.17, 15) is 9.59 Å². The monoisotopic (exact) mass is 493 g/mol. The van der Waals surface area contributed by atoms with Gasteiger partial charge in [-0.25, -0.2) is 0 Å². The summed E-state index contributed by atoms with van der Waals surface area (Å²) in [6.45, 7) is 5.30. The molecule has 0 unspecified atom stereocenters. The summed E-state index contributed by atoms with van der Waals surface area (Å²) >= 11 is 0. The van der Waals surface area contributed by atoms with Crippen molar-refractivity contribution < 1.29 is 19.5 Å². The fraction of sp³-hybridized carbons (Fsp3) is 0.483. The van der Waals surface area contributed by atoms with Gasteiger partial charge in [0.25, 0.3) is 6.47 Å². The van der Waals surface area contributed by atoms with Crippen molar-refractivity contribution in [2.24, 2.45) is 11.8 Å². The highest BCUT2D eigenvalue weighted by Gasteiger charge is 2.46. The normalized spacial score (nSPS) is 19.7. The van der Waals surface area contributed by atoms with Gasteiger partial charge in [0.2, 0.25) is 11.8 Å². The summed E-state index contributed by atoms with van der Waals surface area (Å²) < 4.78 is 0. The van der Waals surface area contributed by atoms with Crippen LogP contribution in [0.25, 0.3) is 0 Å². The Bertz CT molecular complexity index is 1030. The quantitative estimate of drug-likeness (QED) is 0.550. The summed E-state index contributed by atoms with van der Waals surface area (Å²) in [5.74, 6) is 0.348. The van der Waals surface area contributed by atoms with Crippen LogP contribution in [0.2, 0.25) is 0 Å². The van der Waals surface area contributed by atoms with E-state index in [0.717, 1.165) is 37.8 Å². The Morgan fingerprint density at radius 2 is 1.61 bits per heavy atom. The zero-order valence-electron chi connectivity index (χ0n) is 21.8. The lowest BCUT2D eigenvalue weighted by Gasteiger charge is -2.43. The van der Waals surface area contributed by atoms with Gasteiger partial charge in [0.05, 0.1) is 0 Å². The van der Waals surface area contributed by atoms with Crippen molar-refractivity contribution in [2.75, 3.05) is 14.1 Å². The molecule has 194 valence electrons. The van der Waals surface area contributed by atoms with Crippen LogP contribution in [0.15, 0.2) is 48.5 Å². The fourth-order valence-electron chi connectivity index (χ4n) is 5.67. The molecule has 7 nitrogen and oxygen atoms in total. The lowest BCUT2D eigenvalue weighted by atomic mass is 9.86. The average Bonchev–Trinajstić information content (AvgIpc) is 3.28. The molecule has 0 aromatic heterocycles. The van der Waals surface area contributed by atoms with Crippen LogP contribution in [0.5, 0.6) is 0 Å². The molecule has 2 N–H and O–H groups in total. The van der Waals surface area contributed by atoms with Crippen molar-refractivity contribution >= 4 is 18.3 Å². The molecular formula is C29H39N3O4. The van der Waals surface area contributed by atoms with Gasteiger partial charge in [-0.1, -0.05) is 75.2 Å². The van der Waals surface area contributed by atoms with Crippen LogP contribution in [-0.2, 0) is 40.3 Å². The molecule has 2 amide bonds. The summed E-state index contributed by atoms with van der Waals surface area (Å²) in [6, 6.07) is 15.9. The second kappa shape index (κ2) is 12.7. The number of piperazine rings is 1. The van der Waals surface area contributed by atoms with Crippen LogP contribution >= 0.6 is 0 Å². The molecular weight excluding hydrogens is 454 g/mol. The highest BCUT2D eigenvalue weighted by molar-refractivity contribution is 5.97. The third-order valence-corrected chi connectivity index (χ3v) is 7.34.